The second kappa shape index (κ2) is 6.81. The zero-order chi connectivity index (χ0) is 19.7. The van der Waals surface area contributed by atoms with Crippen molar-refractivity contribution in [1.29, 1.82) is 0 Å². The predicted molar refractivity (Wildman–Crippen MR) is 107 cm³/mol. The van der Waals surface area contributed by atoms with Crippen molar-refractivity contribution in [1.82, 2.24) is 4.90 Å². The number of amides is 1. The minimum absolute atomic E-state index is 0.0181. The number of hydrogen-bond donors (Lipinski definition) is 1. The fourth-order valence-corrected chi connectivity index (χ4v) is 3.59. The number of para-hydroxylation sites is 1. The van der Waals surface area contributed by atoms with Crippen molar-refractivity contribution in [2.75, 3.05) is 5.32 Å². The largest absolute Gasteiger partial charge is 0.358 e. The zero-order valence-corrected chi connectivity index (χ0v) is 15.3. The third-order valence-electron chi connectivity index (χ3n) is 5.14. The summed E-state index contributed by atoms with van der Waals surface area (Å²) in [5.74, 6) is -0.0842. The molecular formula is C22H19N3O3. The van der Waals surface area contributed by atoms with E-state index in [1.165, 1.54) is 12.1 Å². The van der Waals surface area contributed by atoms with Gasteiger partial charge in [-0.25, -0.2) is 0 Å². The SMILES string of the molecule is CC1(c2ccc([N+](=O)[O-])cc2)Nc2ccccc2C(=O)N1Cc1ccccc1. The molecule has 1 heterocycles. The lowest BCUT2D eigenvalue weighted by Gasteiger charge is -2.46. The monoisotopic (exact) mass is 373 g/mol. The van der Waals surface area contributed by atoms with Crippen LogP contribution in [0.25, 0.3) is 0 Å². The van der Waals surface area contributed by atoms with Gasteiger partial charge in [0.1, 0.15) is 5.66 Å². The molecule has 1 aliphatic rings. The maximum absolute atomic E-state index is 13.4. The topological polar surface area (TPSA) is 75.5 Å². The Morgan fingerprint density at radius 1 is 0.964 bits per heavy atom. The maximum Gasteiger partial charge on any atom is 0.269 e. The quantitative estimate of drug-likeness (QED) is 0.538. The van der Waals surface area contributed by atoms with Gasteiger partial charge in [-0.05, 0) is 42.3 Å². The molecule has 6 heteroatoms. The standard InChI is InChI=1S/C22H19N3O3/c1-22(17-11-13-18(14-12-17)25(27)28)23-20-10-6-5-9-19(20)21(26)24(22)15-16-7-3-2-4-8-16/h2-14,23H,15H2,1H3. The summed E-state index contributed by atoms with van der Waals surface area (Å²) in [6, 6.07) is 23.5. The Morgan fingerprint density at radius 2 is 1.61 bits per heavy atom. The zero-order valence-electron chi connectivity index (χ0n) is 15.3. The Labute approximate surface area is 162 Å². The third-order valence-corrected chi connectivity index (χ3v) is 5.14. The van der Waals surface area contributed by atoms with Crippen LogP contribution in [0.5, 0.6) is 0 Å². The van der Waals surface area contributed by atoms with E-state index in [-0.39, 0.29) is 11.6 Å². The van der Waals surface area contributed by atoms with E-state index in [2.05, 4.69) is 5.32 Å². The summed E-state index contributed by atoms with van der Waals surface area (Å²) < 4.78 is 0. The minimum atomic E-state index is -0.851. The van der Waals surface area contributed by atoms with Gasteiger partial charge in [0.05, 0.1) is 10.5 Å². The second-order valence-corrected chi connectivity index (χ2v) is 6.92. The molecule has 0 saturated carbocycles. The van der Waals surface area contributed by atoms with Crippen LogP contribution in [0.1, 0.15) is 28.4 Å². The van der Waals surface area contributed by atoms with Gasteiger partial charge < -0.3 is 10.2 Å². The summed E-state index contributed by atoms with van der Waals surface area (Å²) in [7, 11) is 0. The van der Waals surface area contributed by atoms with Crippen molar-refractivity contribution >= 4 is 17.3 Å². The molecular weight excluding hydrogens is 354 g/mol. The molecule has 0 aliphatic carbocycles. The van der Waals surface area contributed by atoms with E-state index in [0.717, 1.165) is 16.8 Å². The summed E-state index contributed by atoms with van der Waals surface area (Å²) >= 11 is 0. The van der Waals surface area contributed by atoms with Gasteiger partial charge >= 0.3 is 0 Å². The van der Waals surface area contributed by atoms with E-state index in [9.17, 15) is 14.9 Å². The van der Waals surface area contributed by atoms with Crippen molar-refractivity contribution in [2.45, 2.75) is 19.1 Å². The van der Waals surface area contributed by atoms with Crippen LogP contribution in [0, 0.1) is 10.1 Å². The molecule has 4 rings (SSSR count). The van der Waals surface area contributed by atoms with E-state index >= 15 is 0 Å². The Morgan fingerprint density at radius 3 is 2.29 bits per heavy atom. The Bertz CT molecular complexity index is 1030. The third kappa shape index (κ3) is 2.99. The van der Waals surface area contributed by atoms with Gasteiger partial charge in [0.2, 0.25) is 0 Å². The number of carbonyl (C=O) groups excluding carboxylic acids is 1. The molecule has 140 valence electrons. The lowest BCUT2D eigenvalue weighted by Crippen LogP contribution is -2.55. The molecule has 3 aromatic carbocycles. The van der Waals surface area contributed by atoms with Crippen molar-refractivity contribution in [3.05, 3.63) is 106 Å². The Balaban J connectivity index is 1.81. The summed E-state index contributed by atoms with van der Waals surface area (Å²) in [5, 5.41) is 14.5. The highest BCUT2D eigenvalue weighted by Crippen LogP contribution is 2.39. The number of nitrogens with one attached hydrogen (secondary N) is 1. The number of benzene rings is 3. The molecule has 1 aliphatic heterocycles. The molecule has 1 unspecified atom stereocenters. The molecule has 3 aromatic rings. The fourth-order valence-electron chi connectivity index (χ4n) is 3.59. The number of nitro benzene ring substituents is 1. The highest BCUT2D eigenvalue weighted by molar-refractivity contribution is 6.02. The number of anilines is 1. The van der Waals surface area contributed by atoms with Crippen molar-refractivity contribution in [3.63, 3.8) is 0 Å². The average molecular weight is 373 g/mol. The minimum Gasteiger partial charge on any atom is -0.358 e. The molecule has 0 spiro atoms. The molecule has 0 fully saturated rings. The van der Waals surface area contributed by atoms with Gasteiger partial charge in [-0.1, -0.05) is 42.5 Å². The summed E-state index contributed by atoms with van der Waals surface area (Å²) in [5.41, 5.74) is 2.30. The van der Waals surface area contributed by atoms with Crippen LogP contribution >= 0.6 is 0 Å². The van der Waals surface area contributed by atoms with Gasteiger partial charge in [-0.2, -0.15) is 0 Å². The van der Waals surface area contributed by atoms with Crippen LogP contribution in [-0.2, 0) is 12.2 Å². The maximum atomic E-state index is 13.4. The molecule has 0 bridgehead atoms. The van der Waals surface area contributed by atoms with Crippen LogP contribution in [0.3, 0.4) is 0 Å². The molecule has 0 radical (unpaired) electrons. The van der Waals surface area contributed by atoms with Crippen LogP contribution in [0.15, 0.2) is 78.9 Å². The number of carbonyl (C=O) groups is 1. The van der Waals surface area contributed by atoms with E-state index in [1.54, 1.807) is 23.1 Å². The van der Waals surface area contributed by atoms with E-state index in [4.69, 9.17) is 0 Å². The number of rotatable bonds is 4. The lowest BCUT2D eigenvalue weighted by atomic mass is 9.92. The van der Waals surface area contributed by atoms with Crippen LogP contribution in [-0.4, -0.2) is 15.7 Å². The highest BCUT2D eigenvalue weighted by atomic mass is 16.6. The number of hydrogen-bond acceptors (Lipinski definition) is 4. The molecule has 1 atom stereocenters. The Hall–Kier alpha value is -3.67. The van der Waals surface area contributed by atoms with E-state index in [1.807, 2.05) is 55.5 Å². The number of nitrogens with zero attached hydrogens (tertiary/aromatic N) is 2. The highest BCUT2D eigenvalue weighted by Gasteiger charge is 2.42. The molecule has 1 amide bonds. The summed E-state index contributed by atoms with van der Waals surface area (Å²) in [6.07, 6.45) is 0. The smallest absolute Gasteiger partial charge is 0.269 e. The van der Waals surface area contributed by atoms with Crippen molar-refractivity contribution < 1.29 is 9.72 Å². The Kier molecular flexibility index (Phi) is 4.31. The normalized spacial score (nSPS) is 18.3. The van der Waals surface area contributed by atoms with Crippen LogP contribution in [0.2, 0.25) is 0 Å². The van der Waals surface area contributed by atoms with Crippen LogP contribution in [0.4, 0.5) is 11.4 Å². The first kappa shape index (κ1) is 17.7. The first-order chi connectivity index (χ1) is 13.5. The van der Waals surface area contributed by atoms with E-state index in [0.29, 0.717) is 12.1 Å². The van der Waals surface area contributed by atoms with E-state index < -0.39 is 10.6 Å². The van der Waals surface area contributed by atoms with Gasteiger partial charge in [-0.3, -0.25) is 14.9 Å². The lowest BCUT2D eigenvalue weighted by molar-refractivity contribution is -0.384. The average Bonchev–Trinajstić information content (AvgIpc) is 2.72. The molecule has 1 N–H and O–H groups in total. The summed E-state index contributed by atoms with van der Waals surface area (Å²) in [4.78, 5) is 25.7. The number of non-ortho nitro benzene ring substituents is 1. The molecule has 28 heavy (non-hydrogen) atoms. The van der Waals surface area contributed by atoms with Gasteiger partial charge in [0.15, 0.2) is 0 Å². The van der Waals surface area contributed by atoms with Gasteiger partial charge in [-0.15, -0.1) is 0 Å². The van der Waals surface area contributed by atoms with Crippen molar-refractivity contribution in [3.8, 4) is 0 Å². The molecule has 0 saturated heterocycles. The molecule has 6 nitrogen and oxygen atoms in total. The predicted octanol–water partition coefficient (Wildman–Crippen LogP) is 4.54. The van der Waals surface area contributed by atoms with Gasteiger partial charge in [0, 0.05) is 24.4 Å². The number of nitro groups is 1. The van der Waals surface area contributed by atoms with Gasteiger partial charge in [0.25, 0.3) is 11.6 Å². The van der Waals surface area contributed by atoms with Crippen molar-refractivity contribution in [2.24, 2.45) is 0 Å². The second-order valence-electron chi connectivity index (χ2n) is 6.92. The van der Waals surface area contributed by atoms with Crippen LogP contribution < -0.4 is 5.32 Å². The number of fused-ring (bicyclic) bond motifs is 1. The fraction of sp³-hybridized carbons (Fsp3) is 0.136. The first-order valence-corrected chi connectivity index (χ1v) is 8.97. The first-order valence-electron chi connectivity index (χ1n) is 8.97. The molecule has 0 aromatic heterocycles. The summed E-state index contributed by atoms with van der Waals surface area (Å²) in [6.45, 7) is 2.33.